The summed E-state index contributed by atoms with van der Waals surface area (Å²) in [7, 11) is 0. The Morgan fingerprint density at radius 3 is 1.90 bits per heavy atom. The van der Waals surface area contributed by atoms with Crippen molar-refractivity contribution in [3.63, 3.8) is 0 Å². The maximum absolute atomic E-state index is 13.5. The molecule has 0 aromatic heterocycles. The van der Waals surface area contributed by atoms with Crippen LogP contribution in [-0.4, -0.2) is 71.0 Å². The van der Waals surface area contributed by atoms with Crippen LogP contribution in [0.5, 0.6) is 5.75 Å². The fourth-order valence-corrected chi connectivity index (χ4v) is 4.32. The predicted molar refractivity (Wildman–Crippen MR) is 175 cm³/mol. The zero-order valence-corrected chi connectivity index (χ0v) is 27.3. The fraction of sp³-hybridized carbons (Fsp3) is 0.343. The first-order chi connectivity index (χ1) is 22.8. The number of benzene rings is 3. The Morgan fingerprint density at radius 2 is 1.38 bits per heavy atom. The summed E-state index contributed by atoms with van der Waals surface area (Å²) in [6.07, 6.45) is -0.299. The van der Waals surface area contributed by atoms with E-state index in [1.165, 1.54) is 29.3 Å². The van der Waals surface area contributed by atoms with Gasteiger partial charge in [-0.25, -0.2) is 19.9 Å². The van der Waals surface area contributed by atoms with Gasteiger partial charge in [-0.3, -0.25) is 14.4 Å². The maximum Gasteiger partial charge on any atom is 0.408 e. The zero-order valence-electron chi connectivity index (χ0n) is 27.3. The third-order valence-corrected chi connectivity index (χ3v) is 6.69. The molecule has 5 N–H and O–H groups in total. The number of aliphatic carboxylic acids is 1. The van der Waals surface area contributed by atoms with Gasteiger partial charge in [-0.05, 0) is 61.6 Å². The number of carbonyl (C=O) groups is 5. The van der Waals surface area contributed by atoms with Crippen LogP contribution < -0.4 is 20.9 Å². The van der Waals surface area contributed by atoms with Crippen LogP contribution in [0.1, 0.15) is 55.6 Å². The van der Waals surface area contributed by atoms with Gasteiger partial charge >= 0.3 is 18.0 Å². The van der Waals surface area contributed by atoms with Crippen LogP contribution >= 0.6 is 0 Å². The highest BCUT2D eigenvalue weighted by atomic mass is 16.6. The molecule has 13 heteroatoms. The second-order valence-electron chi connectivity index (χ2n) is 11.9. The van der Waals surface area contributed by atoms with Crippen molar-refractivity contribution in [1.82, 2.24) is 16.1 Å². The molecule has 13 nitrogen and oxygen atoms in total. The van der Waals surface area contributed by atoms with E-state index in [4.69, 9.17) is 19.4 Å². The largest absolute Gasteiger partial charge is 0.481 e. The lowest BCUT2D eigenvalue weighted by Crippen LogP contribution is -2.55. The standard InChI is InChI=1S/C29H37N3O10.C6H4/c1-5-13-41-32-26(36)22(16-19-11-12-23(40-17-24(33)34)20(14-19)27(37)38)30-25(35)21(15-18-9-7-6-8-10-18)31-28(39)42-29(2,3)4;1-2-6-4-3-5(1)6/h6-12,14,21-22H,5,13,15-17H2,1-4H3,(H,30,35)(H,31,39)(H,32,36)(H,33,34)(H,37,38);1-4H/t21-,22-;/m0./s1. The van der Waals surface area contributed by atoms with Crippen molar-refractivity contribution in [2.24, 2.45) is 0 Å². The molecule has 0 spiro atoms. The minimum atomic E-state index is -1.38. The molecule has 0 unspecified atom stereocenters. The number of nitrogens with one attached hydrogen (secondary N) is 3. The number of carbonyl (C=O) groups excluding carboxylic acids is 3. The summed E-state index contributed by atoms with van der Waals surface area (Å²) in [5, 5.41) is 23.7. The third kappa shape index (κ3) is 12.1. The van der Waals surface area contributed by atoms with Crippen LogP contribution in [0.2, 0.25) is 0 Å². The van der Waals surface area contributed by atoms with Gasteiger partial charge in [-0.2, -0.15) is 0 Å². The lowest BCUT2D eigenvalue weighted by atomic mass is 9.95. The molecule has 2 aromatic carbocycles. The van der Waals surface area contributed by atoms with Crippen LogP contribution in [0.4, 0.5) is 4.79 Å². The van der Waals surface area contributed by atoms with Crippen molar-refractivity contribution in [3.05, 3.63) is 89.5 Å². The summed E-state index contributed by atoms with van der Waals surface area (Å²) in [6.45, 7) is 6.34. The molecule has 0 heterocycles. The van der Waals surface area contributed by atoms with Gasteiger partial charge in [0, 0.05) is 12.8 Å². The van der Waals surface area contributed by atoms with E-state index in [0.717, 1.165) is 5.56 Å². The summed E-state index contributed by atoms with van der Waals surface area (Å²) in [4.78, 5) is 66.9. The predicted octanol–water partition coefficient (Wildman–Crippen LogP) is 4.14. The molecule has 2 aromatic rings. The molecule has 48 heavy (non-hydrogen) atoms. The van der Waals surface area contributed by atoms with Crippen molar-refractivity contribution in [3.8, 4) is 16.9 Å². The summed E-state index contributed by atoms with van der Waals surface area (Å²) in [6, 6.07) is 19.0. The Kier molecular flexibility index (Phi) is 13.5. The molecule has 0 saturated carbocycles. The fourth-order valence-electron chi connectivity index (χ4n) is 4.32. The third-order valence-electron chi connectivity index (χ3n) is 6.69. The van der Waals surface area contributed by atoms with Gasteiger partial charge in [0.15, 0.2) is 6.61 Å². The van der Waals surface area contributed by atoms with Gasteiger partial charge in [0.2, 0.25) is 5.91 Å². The van der Waals surface area contributed by atoms with E-state index >= 15 is 0 Å². The monoisotopic (exact) mass is 663 g/mol. The number of hydrogen-bond donors (Lipinski definition) is 5. The average Bonchev–Trinajstić information content (AvgIpc) is 3.01. The van der Waals surface area contributed by atoms with Crippen molar-refractivity contribution in [1.29, 1.82) is 0 Å². The average molecular weight is 664 g/mol. The van der Waals surface area contributed by atoms with E-state index in [2.05, 4.69) is 40.4 Å². The molecule has 0 aliphatic heterocycles. The molecular formula is C35H41N3O10. The van der Waals surface area contributed by atoms with Crippen molar-refractivity contribution >= 4 is 29.8 Å². The highest BCUT2D eigenvalue weighted by molar-refractivity contribution is 5.92. The lowest BCUT2D eigenvalue weighted by molar-refractivity contribution is -0.139. The Bertz CT molecular complexity index is 1550. The van der Waals surface area contributed by atoms with Crippen LogP contribution in [0.25, 0.3) is 11.1 Å². The smallest absolute Gasteiger partial charge is 0.408 e. The normalized spacial score (nSPS) is 12.2. The van der Waals surface area contributed by atoms with E-state index in [0.29, 0.717) is 12.0 Å². The molecule has 2 aliphatic carbocycles. The van der Waals surface area contributed by atoms with Crippen molar-refractivity contribution in [2.45, 2.75) is 64.6 Å². The van der Waals surface area contributed by atoms with Crippen LogP contribution in [0, 0.1) is 0 Å². The first-order valence-electron chi connectivity index (χ1n) is 15.3. The Morgan fingerprint density at radius 1 is 0.771 bits per heavy atom. The van der Waals surface area contributed by atoms with Crippen molar-refractivity contribution < 1.29 is 48.5 Å². The molecule has 256 valence electrons. The molecule has 3 amide bonds. The van der Waals surface area contributed by atoms with E-state index in [9.17, 15) is 29.1 Å². The molecule has 4 rings (SSSR count). The number of alkyl carbamates (subject to hydrolysis) is 1. The molecule has 0 radical (unpaired) electrons. The van der Waals surface area contributed by atoms with Crippen LogP contribution in [-0.2, 0) is 36.8 Å². The number of fused-ring (bicyclic) bond motifs is 1. The number of aromatic carboxylic acids is 1. The second kappa shape index (κ2) is 17.5. The minimum Gasteiger partial charge on any atom is -0.481 e. The van der Waals surface area contributed by atoms with Gasteiger partial charge in [0.05, 0.1) is 6.61 Å². The van der Waals surface area contributed by atoms with Crippen LogP contribution in [0.3, 0.4) is 0 Å². The summed E-state index contributed by atoms with van der Waals surface area (Å²) in [5.74, 6) is -4.24. The SMILES string of the molecule is CCCONC(=O)[C@H](Cc1ccc(OCC(=O)O)c(C(=O)O)c1)NC(=O)[C@H](Cc1ccccc1)NC(=O)OC(C)(C)C.c1cc2ccc1-2. The number of hydroxylamine groups is 1. The van der Waals surface area contributed by atoms with Crippen molar-refractivity contribution in [2.75, 3.05) is 13.2 Å². The summed E-state index contributed by atoms with van der Waals surface area (Å²) >= 11 is 0. The first kappa shape index (κ1) is 37.0. The zero-order chi connectivity index (χ0) is 35.3. The Hall–Kier alpha value is -5.43. The number of rotatable bonds is 15. The van der Waals surface area contributed by atoms with Gasteiger partial charge in [0.1, 0.15) is 29.0 Å². The number of ether oxygens (including phenoxy) is 2. The van der Waals surface area contributed by atoms with E-state index in [1.807, 2.05) is 6.92 Å². The summed E-state index contributed by atoms with van der Waals surface area (Å²) < 4.78 is 10.4. The summed E-state index contributed by atoms with van der Waals surface area (Å²) in [5.41, 5.74) is 5.05. The molecule has 0 bridgehead atoms. The number of amides is 3. The van der Waals surface area contributed by atoms with Gasteiger partial charge in [-0.15, -0.1) is 0 Å². The highest BCUT2D eigenvalue weighted by Gasteiger charge is 2.29. The topological polar surface area (TPSA) is 190 Å². The quantitative estimate of drug-likeness (QED) is 0.0913. The maximum atomic E-state index is 13.5. The Labute approximate surface area is 278 Å². The first-order valence-corrected chi connectivity index (χ1v) is 15.3. The number of hydrogen-bond acceptors (Lipinski definition) is 8. The van der Waals surface area contributed by atoms with Crippen LogP contribution in [0.15, 0.2) is 72.8 Å². The Balaban J connectivity index is 0.000000917. The molecule has 0 fully saturated rings. The second-order valence-corrected chi connectivity index (χ2v) is 11.9. The van der Waals surface area contributed by atoms with E-state index in [1.54, 1.807) is 51.1 Å². The van der Waals surface area contributed by atoms with Gasteiger partial charge < -0.3 is 30.3 Å². The number of carboxylic acids is 2. The highest BCUT2D eigenvalue weighted by Crippen LogP contribution is 2.29. The molecule has 2 atom stereocenters. The number of carboxylic acid groups (broad SMARTS) is 2. The van der Waals surface area contributed by atoms with Gasteiger partial charge in [-0.1, -0.05) is 67.6 Å². The van der Waals surface area contributed by atoms with E-state index < -0.39 is 54.1 Å². The minimum absolute atomic E-state index is 0.0887. The molecule has 2 aliphatic rings. The van der Waals surface area contributed by atoms with Gasteiger partial charge in [0.25, 0.3) is 5.91 Å². The lowest BCUT2D eigenvalue weighted by Gasteiger charge is -2.25. The van der Waals surface area contributed by atoms with E-state index in [-0.39, 0.29) is 30.8 Å². The molecule has 0 saturated heterocycles. The molecular weight excluding hydrogens is 622 g/mol.